The number of unbranched alkanes of at least 4 members (excludes halogenated alkanes) is 1. The van der Waals surface area contributed by atoms with Crippen LogP contribution in [0.3, 0.4) is 0 Å². The van der Waals surface area contributed by atoms with Crippen LogP contribution in [0.25, 0.3) is 11.1 Å². The van der Waals surface area contributed by atoms with E-state index in [-0.39, 0.29) is 11.4 Å². The Bertz CT molecular complexity index is 1120. The Balaban J connectivity index is 1.09. The third-order valence-corrected chi connectivity index (χ3v) is 7.62. The molecular weight excluding hydrogens is 376 g/mol. The van der Waals surface area contributed by atoms with Gasteiger partial charge in [0.25, 0.3) is 0 Å². The third-order valence-electron chi connectivity index (χ3n) is 7.62. The van der Waals surface area contributed by atoms with Gasteiger partial charge in [-0.3, -0.25) is 4.57 Å². The Morgan fingerprint density at radius 1 is 0.933 bits per heavy atom. The van der Waals surface area contributed by atoms with Gasteiger partial charge in [-0.15, -0.1) is 0 Å². The SMILES string of the molecule is O=c1oc2ccccc2n1CCCCN1CC2CCC(C1)C21OCc2ccccc21. The normalized spacial score (nSPS) is 27.9. The highest BCUT2D eigenvalue weighted by Crippen LogP contribution is 2.57. The average molecular weight is 405 g/mol. The standard InChI is InChI=1S/C25H28N2O3/c28-24-27(22-9-3-4-10-23(22)30-24)14-6-5-13-26-15-19-11-12-20(16-26)25(19)21-8-2-1-7-18(21)17-29-25/h1-4,7-10,19-20H,5-6,11-17H2. The molecule has 3 heterocycles. The zero-order chi connectivity index (χ0) is 20.1. The molecule has 30 heavy (non-hydrogen) atoms. The summed E-state index contributed by atoms with van der Waals surface area (Å²) in [7, 11) is 0. The van der Waals surface area contributed by atoms with Gasteiger partial charge in [-0.1, -0.05) is 36.4 Å². The van der Waals surface area contributed by atoms with Gasteiger partial charge in [-0.25, -0.2) is 4.79 Å². The molecule has 5 heteroatoms. The van der Waals surface area contributed by atoms with E-state index in [9.17, 15) is 4.79 Å². The van der Waals surface area contributed by atoms with Crippen molar-refractivity contribution in [3.63, 3.8) is 0 Å². The minimum absolute atomic E-state index is 0.0316. The number of piperidine rings is 1. The van der Waals surface area contributed by atoms with Crippen LogP contribution in [0, 0.1) is 11.8 Å². The van der Waals surface area contributed by atoms with Crippen LogP contribution in [0.5, 0.6) is 0 Å². The molecule has 2 fully saturated rings. The number of aromatic nitrogens is 1. The predicted molar refractivity (Wildman–Crippen MR) is 115 cm³/mol. The molecule has 2 bridgehead atoms. The summed E-state index contributed by atoms with van der Waals surface area (Å²) in [5.74, 6) is 0.951. The minimum Gasteiger partial charge on any atom is -0.408 e. The lowest BCUT2D eigenvalue weighted by Crippen LogP contribution is -2.51. The lowest BCUT2D eigenvalue weighted by molar-refractivity contribution is -0.130. The molecule has 2 aromatic carbocycles. The molecule has 5 nitrogen and oxygen atoms in total. The zero-order valence-corrected chi connectivity index (χ0v) is 17.3. The van der Waals surface area contributed by atoms with Crippen molar-refractivity contribution in [2.45, 2.75) is 44.4 Å². The van der Waals surface area contributed by atoms with E-state index in [4.69, 9.17) is 9.15 Å². The second-order valence-electron chi connectivity index (χ2n) is 9.16. The number of para-hydroxylation sites is 2. The number of likely N-dealkylation sites (tertiary alicyclic amines) is 1. The molecule has 1 aromatic heterocycles. The highest BCUT2D eigenvalue weighted by Gasteiger charge is 2.58. The molecule has 6 rings (SSSR count). The number of hydrogen-bond acceptors (Lipinski definition) is 4. The van der Waals surface area contributed by atoms with Crippen molar-refractivity contribution >= 4 is 11.1 Å². The maximum Gasteiger partial charge on any atom is 0.419 e. The Labute approximate surface area is 176 Å². The van der Waals surface area contributed by atoms with E-state index in [0.717, 1.165) is 51.1 Å². The first-order valence-electron chi connectivity index (χ1n) is 11.3. The fraction of sp³-hybridized carbons (Fsp3) is 0.480. The van der Waals surface area contributed by atoms with Crippen molar-refractivity contribution in [1.29, 1.82) is 0 Å². The van der Waals surface area contributed by atoms with Crippen molar-refractivity contribution in [3.8, 4) is 0 Å². The highest BCUT2D eigenvalue weighted by atomic mass is 16.5. The largest absolute Gasteiger partial charge is 0.419 e. The fourth-order valence-corrected chi connectivity index (χ4v) is 6.31. The number of benzene rings is 2. The van der Waals surface area contributed by atoms with Crippen LogP contribution in [-0.4, -0.2) is 29.1 Å². The summed E-state index contributed by atoms with van der Waals surface area (Å²) >= 11 is 0. The maximum absolute atomic E-state index is 12.1. The molecule has 1 saturated heterocycles. The van der Waals surface area contributed by atoms with Gasteiger partial charge in [0.2, 0.25) is 0 Å². The summed E-state index contributed by atoms with van der Waals surface area (Å²) < 4.78 is 13.7. The van der Waals surface area contributed by atoms with E-state index in [2.05, 4.69) is 29.2 Å². The molecule has 0 N–H and O–H groups in total. The number of oxazole rings is 1. The van der Waals surface area contributed by atoms with Gasteiger partial charge >= 0.3 is 5.76 Å². The number of nitrogens with zero attached hydrogens (tertiary/aromatic N) is 2. The van der Waals surface area contributed by atoms with Crippen LogP contribution in [0.1, 0.15) is 36.8 Å². The molecule has 156 valence electrons. The van der Waals surface area contributed by atoms with Crippen LogP contribution in [0.2, 0.25) is 0 Å². The lowest BCUT2D eigenvalue weighted by atomic mass is 9.75. The van der Waals surface area contributed by atoms with Gasteiger partial charge in [0.1, 0.15) is 5.60 Å². The van der Waals surface area contributed by atoms with Crippen molar-refractivity contribution in [1.82, 2.24) is 9.47 Å². The van der Waals surface area contributed by atoms with Crippen molar-refractivity contribution < 1.29 is 9.15 Å². The van der Waals surface area contributed by atoms with Crippen molar-refractivity contribution in [2.24, 2.45) is 11.8 Å². The van der Waals surface area contributed by atoms with E-state index in [1.165, 1.54) is 24.0 Å². The number of rotatable bonds is 5. The second-order valence-corrected chi connectivity index (χ2v) is 9.16. The molecule has 0 amide bonds. The Hall–Kier alpha value is -2.37. The number of hydrogen-bond donors (Lipinski definition) is 0. The molecule has 2 unspecified atom stereocenters. The van der Waals surface area contributed by atoms with Gasteiger partial charge in [0.15, 0.2) is 5.58 Å². The van der Waals surface area contributed by atoms with E-state index in [1.54, 1.807) is 4.57 Å². The summed E-state index contributed by atoms with van der Waals surface area (Å²) in [6, 6.07) is 16.5. The molecule has 3 aliphatic rings. The van der Waals surface area contributed by atoms with Gasteiger partial charge in [-0.2, -0.15) is 0 Å². The molecule has 1 aliphatic carbocycles. The predicted octanol–water partition coefficient (Wildman–Crippen LogP) is 4.14. The molecule has 1 saturated carbocycles. The monoisotopic (exact) mass is 404 g/mol. The van der Waals surface area contributed by atoms with Crippen LogP contribution in [0.4, 0.5) is 0 Å². The van der Waals surface area contributed by atoms with Crippen molar-refractivity contribution in [3.05, 3.63) is 70.2 Å². The maximum atomic E-state index is 12.1. The van der Waals surface area contributed by atoms with Crippen LogP contribution >= 0.6 is 0 Å². The molecular formula is C25H28N2O3. The quantitative estimate of drug-likeness (QED) is 0.600. The Kier molecular flexibility index (Phi) is 4.36. The Morgan fingerprint density at radius 2 is 1.67 bits per heavy atom. The first kappa shape index (κ1) is 18.4. The van der Waals surface area contributed by atoms with Crippen LogP contribution in [0.15, 0.2) is 57.7 Å². The number of aryl methyl sites for hydroxylation is 1. The second kappa shape index (κ2) is 7.10. The topological polar surface area (TPSA) is 47.6 Å². The van der Waals surface area contributed by atoms with Crippen LogP contribution < -0.4 is 5.76 Å². The van der Waals surface area contributed by atoms with Gasteiger partial charge < -0.3 is 14.1 Å². The number of ether oxygens (including phenoxy) is 1. The average Bonchev–Trinajstić information content (AvgIpc) is 3.36. The smallest absolute Gasteiger partial charge is 0.408 e. The molecule has 2 atom stereocenters. The highest BCUT2D eigenvalue weighted by molar-refractivity contribution is 5.72. The molecule has 1 spiro atoms. The summed E-state index contributed by atoms with van der Waals surface area (Å²) in [5, 5.41) is 0. The summed E-state index contributed by atoms with van der Waals surface area (Å²) in [5.41, 5.74) is 4.40. The van der Waals surface area contributed by atoms with E-state index in [1.807, 2.05) is 24.3 Å². The lowest BCUT2D eigenvalue weighted by Gasteiger charge is -2.45. The summed E-state index contributed by atoms with van der Waals surface area (Å²) in [6.45, 7) is 4.83. The number of fused-ring (bicyclic) bond motifs is 2. The van der Waals surface area contributed by atoms with Crippen LogP contribution in [-0.2, 0) is 23.5 Å². The Morgan fingerprint density at radius 3 is 2.53 bits per heavy atom. The molecule has 2 aliphatic heterocycles. The third kappa shape index (κ3) is 2.72. The van der Waals surface area contributed by atoms with Gasteiger partial charge in [-0.05, 0) is 55.5 Å². The van der Waals surface area contributed by atoms with E-state index >= 15 is 0 Å². The van der Waals surface area contributed by atoms with Crippen molar-refractivity contribution in [2.75, 3.05) is 19.6 Å². The molecule has 0 radical (unpaired) electrons. The van der Waals surface area contributed by atoms with Gasteiger partial charge in [0.05, 0.1) is 12.1 Å². The summed E-state index contributed by atoms with van der Waals surface area (Å²) in [6.07, 6.45) is 4.62. The van der Waals surface area contributed by atoms with Gasteiger partial charge in [0, 0.05) is 31.5 Å². The minimum atomic E-state index is -0.244. The first-order valence-corrected chi connectivity index (χ1v) is 11.3. The zero-order valence-electron chi connectivity index (χ0n) is 17.3. The summed E-state index contributed by atoms with van der Waals surface area (Å²) in [4.78, 5) is 14.8. The fourth-order valence-electron chi connectivity index (χ4n) is 6.31. The molecule has 3 aromatic rings. The van der Waals surface area contributed by atoms with E-state index < -0.39 is 0 Å². The van der Waals surface area contributed by atoms with E-state index in [0.29, 0.717) is 17.4 Å². The first-order chi connectivity index (χ1) is 14.8.